The first-order valence-electron chi connectivity index (χ1n) is 7.23. The SMILES string of the molecule is O=C(NCCc1ccc([N+](=O)[O-])cc1)c1cc([N+](=O)[O-])cc([N+](=O)[O-])c1. The molecule has 11 heteroatoms. The number of rotatable bonds is 7. The molecule has 0 radical (unpaired) electrons. The number of nitrogens with one attached hydrogen (secondary N) is 1. The lowest BCUT2D eigenvalue weighted by Gasteiger charge is -2.06. The number of nitrogens with zero attached hydrogens (tertiary/aromatic N) is 3. The lowest BCUT2D eigenvalue weighted by Crippen LogP contribution is -2.25. The van der Waals surface area contributed by atoms with Crippen LogP contribution in [0.4, 0.5) is 17.1 Å². The molecule has 0 aliphatic carbocycles. The third kappa shape index (κ3) is 4.56. The van der Waals surface area contributed by atoms with Gasteiger partial charge < -0.3 is 5.32 Å². The topological polar surface area (TPSA) is 159 Å². The standard InChI is InChI=1S/C15H12N4O7/c20-15(11-7-13(18(23)24)9-14(8-11)19(25)26)16-6-5-10-1-3-12(4-2-10)17(21)22/h1-4,7-9H,5-6H2,(H,16,20). The van der Waals surface area contributed by atoms with E-state index in [9.17, 15) is 35.1 Å². The van der Waals surface area contributed by atoms with Crippen molar-refractivity contribution in [3.63, 3.8) is 0 Å². The van der Waals surface area contributed by atoms with E-state index < -0.39 is 32.1 Å². The van der Waals surface area contributed by atoms with Crippen molar-refractivity contribution in [3.05, 3.63) is 83.9 Å². The first-order valence-corrected chi connectivity index (χ1v) is 7.23. The molecule has 0 atom stereocenters. The minimum absolute atomic E-state index is 0.0540. The molecule has 11 nitrogen and oxygen atoms in total. The van der Waals surface area contributed by atoms with Crippen LogP contribution in [0.1, 0.15) is 15.9 Å². The van der Waals surface area contributed by atoms with Crippen molar-refractivity contribution in [3.8, 4) is 0 Å². The number of hydrogen-bond donors (Lipinski definition) is 1. The first kappa shape index (κ1) is 18.4. The molecule has 2 aromatic rings. The van der Waals surface area contributed by atoms with Gasteiger partial charge in [-0.05, 0) is 12.0 Å². The van der Waals surface area contributed by atoms with Crippen molar-refractivity contribution in [2.75, 3.05) is 6.54 Å². The van der Waals surface area contributed by atoms with E-state index in [1.54, 1.807) is 12.1 Å². The van der Waals surface area contributed by atoms with Crippen LogP contribution in [0.3, 0.4) is 0 Å². The molecule has 2 aromatic carbocycles. The Bertz CT molecular complexity index is 848. The fourth-order valence-corrected chi connectivity index (χ4v) is 2.14. The molecule has 0 aliphatic rings. The van der Waals surface area contributed by atoms with Gasteiger partial charge in [-0.2, -0.15) is 0 Å². The van der Waals surface area contributed by atoms with Crippen LogP contribution in [0.15, 0.2) is 42.5 Å². The predicted molar refractivity (Wildman–Crippen MR) is 88.9 cm³/mol. The van der Waals surface area contributed by atoms with E-state index in [4.69, 9.17) is 0 Å². The highest BCUT2D eigenvalue weighted by Crippen LogP contribution is 2.22. The van der Waals surface area contributed by atoms with Gasteiger partial charge >= 0.3 is 0 Å². The zero-order valence-corrected chi connectivity index (χ0v) is 13.2. The summed E-state index contributed by atoms with van der Waals surface area (Å²) in [5.74, 6) is -0.696. The number of benzene rings is 2. The Balaban J connectivity index is 2.04. The summed E-state index contributed by atoms with van der Waals surface area (Å²) in [7, 11) is 0. The number of nitro groups is 3. The van der Waals surface area contributed by atoms with Gasteiger partial charge in [0.15, 0.2) is 0 Å². The molecule has 0 saturated carbocycles. The molecular weight excluding hydrogens is 348 g/mol. The Morgan fingerprint density at radius 1 is 0.808 bits per heavy atom. The highest BCUT2D eigenvalue weighted by atomic mass is 16.6. The summed E-state index contributed by atoms with van der Waals surface area (Å²) in [6, 6.07) is 8.43. The summed E-state index contributed by atoms with van der Waals surface area (Å²) in [5.41, 5.74) is -0.628. The smallest absolute Gasteiger partial charge is 0.277 e. The summed E-state index contributed by atoms with van der Waals surface area (Å²) in [5, 5.41) is 34.7. The molecule has 0 saturated heterocycles. The summed E-state index contributed by atoms with van der Waals surface area (Å²) >= 11 is 0. The Labute approximate surface area is 145 Å². The highest BCUT2D eigenvalue weighted by Gasteiger charge is 2.19. The summed E-state index contributed by atoms with van der Waals surface area (Å²) < 4.78 is 0. The highest BCUT2D eigenvalue weighted by molar-refractivity contribution is 5.95. The average molecular weight is 360 g/mol. The molecule has 0 spiro atoms. The van der Waals surface area contributed by atoms with Crippen LogP contribution in [0.5, 0.6) is 0 Å². The van der Waals surface area contributed by atoms with Crippen molar-refractivity contribution in [1.82, 2.24) is 5.32 Å². The largest absolute Gasteiger partial charge is 0.352 e. The lowest BCUT2D eigenvalue weighted by molar-refractivity contribution is -0.394. The van der Waals surface area contributed by atoms with Gasteiger partial charge in [-0.15, -0.1) is 0 Å². The van der Waals surface area contributed by atoms with Gasteiger partial charge in [0.25, 0.3) is 23.0 Å². The van der Waals surface area contributed by atoms with Crippen molar-refractivity contribution in [2.45, 2.75) is 6.42 Å². The molecule has 0 bridgehead atoms. The van der Waals surface area contributed by atoms with Crippen LogP contribution in [-0.4, -0.2) is 27.2 Å². The van der Waals surface area contributed by atoms with Crippen LogP contribution < -0.4 is 5.32 Å². The van der Waals surface area contributed by atoms with Gasteiger partial charge in [-0.25, -0.2) is 0 Å². The quantitative estimate of drug-likeness (QED) is 0.586. The van der Waals surface area contributed by atoms with Gasteiger partial charge in [0, 0.05) is 30.8 Å². The van der Waals surface area contributed by atoms with E-state index in [-0.39, 0.29) is 17.8 Å². The number of carbonyl (C=O) groups excluding carboxylic acids is 1. The van der Waals surface area contributed by atoms with Crippen molar-refractivity contribution >= 4 is 23.0 Å². The molecule has 1 N–H and O–H groups in total. The molecule has 0 aliphatic heterocycles. The molecule has 1 amide bonds. The number of hydrogen-bond acceptors (Lipinski definition) is 7. The molecule has 26 heavy (non-hydrogen) atoms. The van der Waals surface area contributed by atoms with E-state index in [2.05, 4.69) is 5.32 Å². The van der Waals surface area contributed by atoms with E-state index in [1.807, 2.05) is 0 Å². The normalized spacial score (nSPS) is 10.2. The minimum atomic E-state index is -0.819. The van der Waals surface area contributed by atoms with Crippen LogP contribution >= 0.6 is 0 Å². The molecule has 0 heterocycles. The Kier molecular flexibility index (Phi) is 5.53. The van der Waals surface area contributed by atoms with Gasteiger partial charge in [0.1, 0.15) is 0 Å². The van der Waals surface area contributed by atoms with E-state index in [0.29, 0.717) is 6.42 Å². The van der Waals surface area contributed by atoms with Crippen molar-refractivity contribution in [2.24, 2.45) is 0 Å². The van der Waals surface area contributed by atoms with E-state index in [0.717, 1.165) is 23.8 Å². The predicted octanol–water partition coefficient (Wildman–Crippen LogP) is 2.38. The molecule has 134 valence electrons. The van der Waals surface area contributed by atoms with Gasteiger partial charge in [0.05, 0.1) is 26.4 Å². The Hall–Kier alpha value is -3.89. The van der Waals surface area contributed by atoms with Gasteiger partial charge in [-0.1, -0.05) is 12.1 Å². The molecular formula is C15H12N4O7. The summed E-state index contributed by atoms with van der Waals surface area (Å²) in [6.45, 7) is 0.146. The maximum atomic E-state index is 12.1. The number of non-ortho nitro benzene ring substituents is 3. The second-order valence-corrected chi connectivity index (χ2v) is 5.18. The monoisotopic (exact) mass is 360 g/mol. The molecule has 0 unspecified atom stereocenters. The second-order valence-electron chi connectivity index (χ2n) is 5.18. The zero-order valence-electron chi connectivity index (χ0n) is 13.2. The van der Waals surface area contributed by atoms with Gasteiger partial charge in [0.2, 0.25) is 0 Å². The maximum Gasteiger partial charge on any atom is 0.277 e. The average Bonchev–Trinajstić information content (AvgIpc) is 2.61. The van der Waals surface area contributed by atoms with E-state index in [1.165, 1.54) is 12.1 Å². The van der Waals surface area contributed by atoms with Crippen LogP contribution in [-0.2, 0) is 6.42 Å². The fraction of sp³-hybridized carbons (Fsp3) is 0.133. The zero-order chi connectivity index (χ0) is 19.3. The van der Waals surface area contributed by atoms with Crippen LogP contribution in [0, 0.1) is 30.3 Å². The first-order chi connectivity index (χ1) is 12.3. The van der Waals surface area contributed by atoms with Crippen molar-refractivity contribution in [1.29, 1.82) is 0 Å². The number of amides is 1. The third-order valence-corrected chi connectivity index (χ3v) is 3.43. The Morgan fingerprint density at radius 2 is 1.31 bits per heavy atom. The molecule has 0 aromatic heterocycles. The van der Waals surface area contributed by atoms with Crippen LogP contribution in [0.25, 0.3) is 0 Å². The van der Waals surface area contributed by atoms with Gasteiger partial charge in [-0.3, -0.25) is 35.1 Å². The van der Waals surface area contributed by atoms with Crippen molar-refractivity contribution < 1.29 is 19.6 Å². The number of nitro benzene ring substituents is 3. The fourth-order valence-electron chi connectivity index (χ4n) is 2.14. The molecule has 0 fully saturated rings. The van der Waals surface area contributed by atoms with E-state index >= 15 is 0 Å². The number of carbonyl (C=O) groups is 1. The summed E-state index contributed by atoms with van der Waals surface area (Å²) in [4.78, 5) is 42.2. The molecule has 2 rings (SSSR count). The lowest BCUT2D eigenvalue weighted by atomic mass is 10.1. The van der Waals surface area contributed by atoms with Crippen LogP contribution in [0.2, 0.25) is 0 Å². The minimum Gasteiger partial charge on any atom is -0.352 e. The Morgan fingerprint density at radius 3 is 1.77 bits per heavy atom. The summed E-state index contributed by atoms with van der Waals surface area (Å²) in [6.07, 6.45) is 0.362. The third-order valence-electron chi connectivity index (χ3n) is 3.43. The second kappa shape index (κ2) is 7.79. The maximum absolute atomic E-state index is 12.1.